The first kappa shape index (κ1) is 13.0. The monoisotopic (exact) mass is 252 g/mol. The maximum Gasteiger partial charge on any atom is 0.244 e. The van der Waals surface area contributed by atoms with Crippen molar-refractivity contribution in [2.75, 3.05) is 6.54 Å². The lowest BCUT2D eigenvalue weighted by Gasteiger charge is -2.33. The number of carbonyl (C=O) groups is 1. The van der Waals surface area contributed by atoms with E-state index in [2.05, 4.69) is 17.2 Å². The van der Waals surface area contributed by atoms with Gasteiger partial charge in [-0.25, -0.2) is 4.68 Å². The molecular weight excluding hydrogens is 232 g/mol. The molecule has 1 aromatic rings. The number of aliphatic hydroxyl groups is 1. The number of aromatic nitrogens is 3. The van der Waals surface area contributed by atoms with Crippen molar-refractivity contribution < 1.29 is 9.90 Å². The largest absolute Gasteiger partial charge is 0.387 e. The van der Waals surface area contributed by atoms with Gasteiger partial charge < -0.3 is 10.0 Å². The molecule has 2 rings (SSSR count). The van der Waals surface area contributed by atoms with Crippen molar-refractivity contribution in [2.45, 2.75) is 51.8 Å². The fraction of sp³-hybridized carbons (Fsp3) is 0.750. The Morgan fingerprint density at radius 3 is 3.00 bits per heavy atom. The van der Waals surface area contributed by atoms with Gasteiger partial charge in [0, 0.05) is 12.6 Å². The number of nitrogens with zero attached hydrogens (tertiary/aromatic N) is 4. The number of aliphatic hydroxyl groups excluding tert-OH is 1. The molecule has 0 aliphatic carbocycles. The Balaban J connectivity index is 1.97. The summed E-state index contributed by atoms with van der Waals surface area (Å²) in [6.07, 6.45) is 4.31. The number of piperidine rings is 1. The van der Waals surface area contributed by atoms with Crippen LogP contribution in [0.2, 0.25) is 0 Å². The molecule has 0 radical (unpaired) electrons. The highest BCUT2D eigenvalue weighted by Gasteiger charge is 2.23. The predicted molar refractivity (Wildman–Crippen MR) is 65.7 cm³/mol. The first-order valence-electron chi connectivity index (χ1n) is 6.45. The summed E-state index contributed by atoms with van der Waals surface area (Å²) < 4.78 is 1.49. The fourth-order valence-corrected chi connectivity index (χ4v) is 2.28. The second kappa shape index (κ2) is 5.48. The zero-order valence-electron chi connectivity index (χ0n) is 10.9. The molecule has 0 aromatic carbocycles. The van der Waals surface area contributed by atoms with E-state index < -0.39 is 6.10 Å². The van der Waals surface area contributed by atoms with Crippen molar-refractivity contribution >= 4 is 5.91 Å². The Hall–Kier alpha value is -1.43. The maximum atomic E-state index is 12.1. The molecular formula is C12H20N4O2. The molecule has 0 saturated carbocycles. The van der Waals surface area contributed by atoms with Gasteiger partial charge in [0.15, 0.2) is 0 Å². The van der Waals surface area contributed by atoms with Crippen LogP contribution in [0.4, 0.5) is 0 Å². The van der Waals surface area contributed by atoms with Crippen molar-refractivity contribution in [1.29, 1.82) is 0 Å². The summed E-state index contributed by atoms with van der Waals surface area (Å²) in [6.45, 7) is 4.74. The number of hydrogen-bond donors (Lipinski definition) is 1. The standard InChI is InChI=1S/C12H20N4O2/c1-9-5-3-4-6-16(9)12(18)8-15-7-11(10(2)17)13-14-15/h7,9-10,17H,3-6,8H2,1-2H3. The predicted octanol–water partition coefficient (Wildman–Crippen LogP) is 0.732. The van der Waals surface area contributed by atoms with Crippen LogP contribution in [0.1, 0.15) is 44.9 Å². The van der Waals surface area contributed by atoms with Gasteiger partial charge in [0.05, 0.1) is 12.3 Å². The Kier molecular flexibility index (Phi) is 3.96. The van der Waals surface area contributed by atoms with Crippen LogP contribution in [0.5, 0.6) is 0 Å². The van der Waals surface area contributed by atoms with Gasteiger partial charge in [0.25, 0.3) is 0 Å². The summed E-state index contributed by atoms with van der Waals surface area (Å²) in [5.41, 5.74) is 0.495. The van der Waals surface area contributed by atoms with Gasteiger partial charge in [0.1, 0.15) is 12.2 Å². The van der Waals surface area contributed by atoms with Crippen LogP contribution in [0.3, 0.4) is 0 Å². The molecule has 2 atom stereocenters. The molecule has 1 N–H and O–H groups in total. The molecule has 1 saturated heterocycles. The van der Waals surface area contributed by atoms with Gasteiger partial charge in [-0.3, -0.25) is 4.79 Å². The number of hydrogen-bond acceptors (Lipinski definition) is 4. The average molecular weight is 252 g/mol. The minimum atomic E-state index is -0.650. The third kappa shape index (κ3) is 2.87. The molecule has 1 aromatic heterocycles. The minimum absolute atomic E-state index is 0.0734. The maximum absolute atomic E-state index is 12.1. The van der Waals surface area contributed by atoms with Crippen LogP contribution in [0, 0.1) is 0 Å². The zero-order chi connectivity index (χ0) is 13.1. The Morgan fingerprint density at radius 2 is 2.39 bits per heavy atom. The van der Waals surface area contributed by atoms with Gasteiger partial charge in [0.2, 0.25) is 5.91 Å². The molecule has 2 unspecified atom stereocenters. The van der Waals surface area contributed by atoms with Crippen LogP contribution in [0.15, 0.2) is 6.20 Å². The Morgan fingerprint density at radius 1 is 1.61 bits per heavy atom. The Bertz CT molecular complexity index is 416. The van der Waals surface area contributed by atoms with E-state index >= 15 is 0 Å². The van der Waals surface area contributed by atoms with Crippen LogP contribution in [0.25, 0.3) is 0 Å². The summed E-state index contributed by atoms with van der Waals surface area (Å²) in [5, 5.41) is 17.0. The summed E-state index contributed by atoms with van der Waals surface area (Å²) >= 11 is 0. The van der Waals surface area contributed by atoms with E-state index in [1.165, 1.54) is 11.1 Å². The molecule has 1 amide bonds. The zero-order valence-corrected chi connectivity index (χ0v) is 10.9. The number of likely N-dealkylation sites (tertiary alicyclic amines) is 1. The normalized spacial score (nSPS) is 21.9. The highest BCUT2D eigenvalue weighted by Crippen LogP contribution is 2.16. The van der Waals surface area contributed by atoms with E-state index in [1.54, 1.807) is 13.1 Å². The van der Waals surface area contributed by atoms with E-state index in [9.17, 15) is 9.90 Å². The molecule has 6 heteroatoms. The lowest BCUT2D eigenvalue weighted by molar-refractivity contribution is -0.135. The summed E-state index contributed by atoms with van der Waals surface area (Å²) in [4.78, 5) is 14.0. The number of carbonyl (C=O) groups excluding carboxylic acids is 1. The number of amides is 1. The molecule has 0 bridgehead atoms. The summed E-state index contributed by atoms with van der Waals surface area (Å²) in [5.74, 6) is 0.0734. The van der Waals surface area contributed by atoms with Crippen LogP contribution in [-0.2, 0) is 11.3 Å². The number of rotatable bonds is 3. The smallest absolute Gasteiger partial charge is 0.244 e. The van der Waals surface area contributed by atoms with Crippen LogP contribution >= 0.6 is 0 Å². The van der Waals surface area contributed by atoms with E-state index in [0.29, 0.717) is 11.7 Å². The van der Waals surface area contributed by atoms with Crippen LogP contribution < -0.4 is 0 Å². The molecule has 100 valence electrons. The van der Waals surface area contributed by atoms with E-state index in [4.69, 9.17) is 0 Å². The van der Waals surface area contributed by atoms with Gasteiger partial charge in [-0.05, 0) is 33.1 Å². The van der Waals surface area contributed by atoms with Crippen molar-refractivity contribution in [3.63, 3.8) is 0 Å². The third-order valence-electron chi connectivity index (χ3n) is 3.40. The lowest BCUT2D eigenvalue weighted by Crippen LogP contribution is -2.43. The summed E-state index contributed by atoms with van der Waals surface area (Å²) in [7, 11) is 0. The van der Waals surface area contributed by atoms with Crippen molar-refractivity contribution in [3.05, 3.63) is 11.9 Å². The lowest BCUT2D eigenvalue weighted by atomic mass is 10.0. The van der Waals surface area contributed by atoms with E-state index in [1.807, 2.05) is 4.90 Å². The molecule has 18 heavy (non-hydrogen) atoms. The molecule has 6 nitrogen and oxygen atoms in total. The minimum Gasteiger partial charge on any atom is -0.387 e. The van der Waals surface area contributed by atoms with Crippen molar-refractivity contribution in [1.82, 2.24) is 19.9 Å². The molecule has 1 aliphatic rings. The van der Waals surface area contributed by atoms with Gasteiger partial charge in [-0.15, -0.1) is 5.10 Å². The molecule has 0 spiro atoms. The summed E-state index contributed by atoms with van der Waals surface area (Å²) in [6, 6.07) is 0.311. The van der Waals surface area contributed by atoms with Crippen molar-refractivity contribution in [2.24, 2.45) is 0 Å². The second-order valence-electron chi connectivity index (χ2n) is 4.95. The highest BCUT2D eigenvalue weighted by atomic mass is 16.3. The second-order valence-corrected chi connectivity index (χ2v) is 4.95. The van der Waals surface area contributed by atoms with Crippen LogP contribution in [-0.4, -0.2) is 43.5 Å². The first-order chi connectivity index (χ1) is 8.58. The fourth-order valence-electron chi connectivity index (χ4n) is 2.28. The van der Waals surface area contributed by atoms with E-state index in [0.717, 1.165) is 19.4 Å². The van der Waals surface area contributed by atoms with Gasteiger partial charge in [-0.1, -0.05) is 5.21 Å². The van der Waals surface area contributed by atoms with E-state index in [-0.39, 0.29) is 12.5 Å². The quantitative estimate of drug-likeness (QED) is 0.861. The molecule has 1 aliphatic heterocycles. The first-order valence-corrected chi connectivity index (χ1v) is 6.45. The molecule has 1 fully saturated rings. The van der Waals surface area contributed by atoms with Crippen molar-refractivity contribution in [3.8, 4) is 0 Å². The highest BCUT2D eigenvalue weighted by molar-refractivity contribution is 5.76. The molecule has 2 heterocycles. The third-order valence-corrected chi connectivity index (χ3v) is 3.40. The Labute approximate surface area is 107 Å². The topological polar surface area (TPSA) is 71.2 Å². The SMILES string of the molecule is CC(O)c1cn(CC(=O)N2CCCCC2C)nn1. The van der Waals surface area contributed by atoms with Gasteiger partial charge in [-0.2, -0.15) is 0 Å². The average Bonchev–Trinajstić information content (AvgIpc) is 2.78. The van der Waals surface area contributed by atoms with Gasteiger partial charge >= 0.3 is 0 Å².